The zero-order chi connectivity index (χ0) is 18.1. The number of sulfonamides is 2. The molecule has 0 aliphatic rings. The number of aryl methyl sites for hydroxylation is 1. The van der Waals surface area contributed by atoms with Crippen molar-refractivity contribution in [2.24, 2.45) is 0 Å². The number of nitrogens with zero attached hydrogens (tertiary/aromatic N) is 1. The van der Waals surface area contributed by atoms with Crippen LogP contribution in [0.25, 0.3) is 0 Å². The van der Waals surface area contributed by atoms with Crippen LogP contribution in [0.1, 0.15) is 10.4 Å². The Labute approximate surface area is 151 Å². The number of rotatable bonds is 6. The first kappa shape index (κ1) is 19.4. The first-order chi connectivity index (χ1) is 11.0. The van der Waals surface area contributed by atoms with E-state index < -0.39 is 20.0 Å². The first-order valence-corrected chi connectivity index (χ1v) is 10.9. The van der Waals surface area contributed by atoms with Gasteiger partial charge in [0.25, 0.3) is 10.0 Å². The Morgan fingerprint density at radius 1 is 1.12 bits per heavy atom. The van der Waals surface area contributed by atoms with Gasteiger partial charge in [-0.15, -0.1) is 11.3 Å². The molecular formula is C14H17ClN2O4S3. The minimum absolute atomic E-state index is 0.00189. The fraction of sp³-hybridized carbons (Fsp3) is 0.286. The first-order valence-electron chi connectivity index (χ1n) is 6.81. The van der Waals surface area contributed by atoms with Gasteiger partial charge < -0.3 is 0 Å². The van der Waals surface area contributed by atoms with E-state index in [0.717, 1.165) is 15.6 Å². The van der Waals surface area contributed by atoms with Gasteiger partial charge in [0.05, 0.1) is 4.90 Å². The quantitative estimate of drug-likeness (QED) is 0.795. The third-order valence-electron chi connectivity index (χ3n) is 3.25. The highest BCUT2D eigenvalue weighted by Crippen LogP contribution is 2.25. The monoisotopic (exact) mass is 408 g/mol. The summed E-state index contributed by atoms with van der Waals surface area (Å²) in [5.74, 6) is 0. The number of hydrogen-bond donors (Lipinski definition) is 1. The zero-order valence-electron chi connectivity index (χ0n) is 13.3. The van der Waals surface area contributed by atoms with Crippen molar-refractivity contribution in [3.63, 3.8) is 0 Å². The SMILES string of the molecule is Cc1ccc(Cl)cc1S(=O)(=O)NCc1ccc(S(=O)(=O)N(C)C)s1. The molecule has 6 nitrogen and oxygen atoms in total. The zero-order valence-corrected chi connectivity index (χ0v) is 16.5. The Hall–Kier alpha value is -0.970. The van der Waals surface area contributed by atoms with Crippen molar-refractivity contribution in [1.82, 2.24) is 9.03 Å². The van der Waals surface area contributed by atoms with Crippen molar-refractivity contribution < 1.29 is 16.8 Å². The van der Waals surface area contributed by atoms with E-state index in [-0.39, 0.29) is 15.6 Å². The Bertz CT molecular complexity index is 950. The third-order valence-corrected chi connectivity index (χ3v) is 8.39. The molecule has 0 fully saturated rings. The molecule has 1 aromatic carbocycles. The number of hydrogen-bond acceptors (Lipinski definition) is 5. The molecule has 0 bridgehead atoms. The average molecular weight is 409 g/mol. The van der Waals surface area contributed by atoms with Crippen LogP contribution in [-0.4, -0.2) is 35.2 Å². The lowest BCUT2D eigenvalue weighted by atomic mass is 10.2. The highest BCUT2D eigenvalue weighted by atomic mass is 35.5. The Balaban J connectivity index is 2.19. The average Bonchev–Trinajstić information content (AvgIpc) is 2.97. The molecule has 1 N–H and O–H groups in total. The van der Waals surface area contributed by atoms with Gasteiger partial charge in [0, 0.05) is 30.5 Å². The van der Waals surface area contributed by atoms with Gasteiger partial charge in [-0.25, -0.2) is 25.9 Å². The fourth-order valence-electron chi connectivity index (χ4n) is 1.88. The van der Waals surface area contributed by atoms with Gasteiger partial charge in [-0.1, -0.05) is 17.7 Å². The van der Waals surface area contributed by atoms with Crippen LogP contribution in [0, 0.1) is 6.92 Å². The highest BCUT2D eigenvalue weighted by Gasteiger charge is 2.21. The van der Waals surface area contributed by atoms with Crippen LogP contribution in [0.3, 0.4) is 0 Å². The fourth-order valence-corrected chi connectivity index (χ4v) is 5.95. The lowest BCUT2D eigenvalue weighted by Gasteiger charge is -2.09. The molecule has 0 aliphatic heterocycles. The molecule has 24 heavy (non-hydrogen) atoms. The summed E-state index contributed by atoms with van der Waals surface area (Å²) in [5, 5.41) is 0.330. The molecule has 1 aromatic heterocycles. The Kier molecular flexibility index (Phi) is 5.73. The van der Waals surface area contributed by atoms with Crippen molar-refractivity contribution in [3.05, 3.63) is 45.8 Å². The molecule has 10 heteroatoms. The lowest BCUT2D eigenvalue weighted by molar-refractivity contribution is 0.523. The van der Waals surface area contributed by atoms with Crippen LogP contribution in [0.15, 0.2) is 39.4 Å². The van der Waals surface area contributed by atoms with Gasteiger partial charge in [-0.05, 0) is 36.8 Å². The molecule has 132 valence electrons. The van der Waals surface area contributed by atoms with E-state index in [9.17, 15) is 16.8 Å². The lowest BCUT2D eigenvalue weighted by Crippen LogP contribution is -2.23. The molecule has 0 amide bonds. The molecule has 0 spiro atoms. The molecular weight excluding hydrogens is 392 g/mol. The van der Waals surface area contributed by atoms with Crippen molar-refractivity contribution in [2.45, 2.75) is 22.6 Å². The normalized spacial score (nSPS) is 12.7. The number of thiophene rings is 1. The molecule has 0 saturated carbocycles. The smallest absolute Gasteiger partial charge is 0.207 e. The van der Waals surface area contributed by atoms with Gasteiger partial charge in [-0.2, -0.15) is 0 Å². The molecule has 0 unspecified atom stereocenters. The maximum absolute atomic E-state index is 12.4. The highest BCUT2D eigenvalue weighted by molar-refractivity contribution is 7.91. The molecule has 1 heterocycles. The van der Waals surface area contributed by atoms with E-state index in [2.05, 4.69) is 4.72 Å². The second-order valence-electron chi connectivity index (χ2n) is 5.24. The van der Waals surface area contributed by atoms with Crippen molar-refractivity contribution in [2.75, 3.05) is 14.1 Å². The summed E-state index contributed by atoms with van der Waals surface area (Å²) >= 11 is 6.89. The number of benzene rings is 1. The van der Waals surface area contributed by atoms with Crippen molar-refractivity contribution in [1.29, 1.82) is 0 Å². The van der Waals surface area contributed by atoms with Gasteiger partial charge in [0.2, 0.25) is 10.0 Å². The summed E-state index contributed by atoms with van der Waals surface area (Å²) in [7, 11) is -4.37. The summed E-state index contributed by atoms with van der Waals surface area (Å²) in [6.07, 6.45) is 0. The van der Waals surface area contributed by atoms with Crippen LogP contribution < -0.4 is 4.72 Å². The maximum atomic E-state index is 12.4. The topological polar surface area (TPSA) is 83.5 Å². The van der Waals surface area contributed by atoms with Gasteiger partial charge in [-0.3, -0.25) is 0 Å². The van der Waals surface area contributed by atoms with E-state index in [1.807, 2.05) is 0 Å². The van der Waals surface area contributed by atoms with Gasteiger partial charge in [0.15, 0.2) is 0 Å². The Morgan fingerprint density at radius 3 is 2.42 bits per heavy atom. The number of halogens is 1. The summed E-state index contributed by atoms with van der Waals surface area (Å²) < 4.78 is 52.6. The van der Waals surface area contributed by atoms with E-state index in [1.54, 1.807) is 25.1 Å². The predicted molar refractivity (Wildman–Crippen MR) is 95.4 cm³/mol. The summed E-state index contributed by atoms with van der Waals surface area (Å²) in [6, 6.07) is 7.69. The third kappa shape index (κ3) is 4.16. The van der Waals surface area contributed by atoms with Gasteiger partial charge >= 0.3 is 0 Å². The largest absolute Gasteiger partial charge is 0.252 e. The van der Waals surface area contributed by atoms with E-state index in [0.29, 0.717) is 15.5 Å². The predicted octanol–water partition coefficient (Wildman–Crippen LogP) is 2.44. The molecule has 0 aliphatic carbocycles. The van der Waals surface area contributed by atoms with Crippen LogP contribution in [0.4, 0.5) is 0 Å². The van der Waals surface area contributed by atoms with Crippen LogP contribution >= 0.6 is 22.9 Å². The van der Waals surface area contributed by atoms with Gasteiger partial charge in [0.1, 0.15) is 4.21 Å². The number of nitrogens with one attached hydrogen (secondary N) is 1. The second kappa shape index (κ2) is 7.11. The molecule has 2 aromatic rings. The molecule has 0 radical (unpaired) electrons. The minimum atomic E-state index is -3.74. The van der Waals surface area contributed by atoms with E-state index in [4.69, 9.17) is 11.6 Å². The molecule has 0 atom stereocenters. The van der Waals surface area contributed by atoms with Crippen LogP contribution in [0.2, 0.25) is 5.02 Å². The standard InChI is InChI=1S/C14H17ClN2O4S3/c1-10-4-5-11(15)8-13(10)23(18,19)16-9-12-6-7-14(22-12)24(20,21)17(2)3/h4-8,16H,9H2,1-3H3. The summed E-state index contributed by atoms with van der Waals surface area (Å²) in [5.41, 5.74) is 0.578. The van der Waals surface area contributed by atoms with E-state index in [1.165, 1.54) is 26.2 Å². The summed E-state index contributed by atoms with van der Waals surface area (Å²) in [6.45, 7) is 1.68. The Morgan fingerprint density at radius 2 is 1.79 bits per heavy atom. The van der Waals surface area contributed by atoms with Crippen LogP contribution in [-0.2, 0) is 26.6 Å². The van der Waals surface area contributed by atoms with Crippen molar-refractivity contribution >= 4 is 43.0 Å². The summed E-state index contributed by atoms with van der Waals surface area (Å²) in [4.78, 5) is 0.700. The van der Waals surface area contributed by atoms with Crippen LogP contribution in [0.5, 0.6) is 0 Å². The van der Waals surface area contributed by atoms with Crippen molar-refractivity contribution in [3.8, 4) is 0 Å². The maximum Gasteiger partial charge on any atom is 0.252 e. The van der Waals surface area contributed by atoms with E-state index >= 15 is 0 Å². The molecule has 0 saturated heterocycles. The minimum Gasteiger partial charge on any atom is -0.207 e. The second-order valence-corrected chi connectivity index (χ2v) is 11.0. The molecule has 2 rings (SSSR count).